The Morgan fingerprint density at radius 2 is 2.28 bits per heavy atom. The normalized spacial score (nSPS) is 16.3. The van der Waals surface area contributed by atoms with Crippen LogP contribution in [-0.2, 0) is 14.9 Å². The van der Waals surface area contributed by atoms with Crippen LogP contribution in [-0.4, -0.2) is 23.0 Å². The third-order valence-corrected chi connectivity index (χ3v) is 4.08. The van der Waals surface area contributed by atoms with E-state index in [1.165, 1.54) is 7.11 Å². The molecule has 2 aromatic heterocycles. The first-order chi connectivity index (χ1) is 8.76. The van der Waals surface area contributed by atoms with Crippen LogP contribution in [0.25, 0.3) is 10.6 Å². The first-order valence-electron chi connectivity index (χ1n) is 5.72. The van der Waals surface area contributed by atoms with Gasteiger partial charge in [0.15, 0.2) is 0 Å². The Hall–Kier alpha value is -1.75. The molecule has 0 saturated heterocycles. The Morgan fingerprint density at radius 1 is 1.44 bits per heavy atom. The van der Waals surface area contributed by atoms with Gasteiger partial charge in [-0.3, -0.25) is 4.79 Å². The monoisotopic (exact) mass is 260 g/mol. The van der Waals surface area contributed by atoms with Gasteiger partial charge in [0.05, 0.1) is 17.7 Å². The molecule has 1 fully saturated rings. The predicted octanol–water partition coefficient (Wildman–Crippen LogP) is 2.41. The number of carbonyl (C=O) groups is 1. The molecule has 0 unspecified atom stereocenters. The molecule has 1 aliphatic rings. The van der Waals surface area contributed by atoms with Crippen molar-refractivity contribution in [2.45, 2.75) is 18.3 Å². The van der Waals surface area contributed by atoms with Crippen molar-refractivity contribution in [3.8, 4) is 10.6 Å². The molecule has 0 atom stereocenters. The molecule has 2 heterocycles. The Morgan fingerprint density at radius 3 is 2.89 bits per heavy atom. The number of ether oxygens (including phenoxy) is 1. The Kier molecular flexibility index (Phi) is 2.63. The molecule has 1 saturated carbocycles. The molecule has 5 heteroatoms. The number of esters is 1. The topological polar surface area (TPSA) is 52.1 Å². The highest BCUT2D eigenvalue weighted by Crippen LogP contribution is 2.47. The van der Waals surface area contributed by atoms with Gasteiger partial charge in [-0.25, -0.2) is 9.97 Å². The molecule has 18 heavy (non-hydrogen) atoms. The summed E-state index contributed by atoms with van der Waals surface area (Å²) in [4.78, 5) is 21.6. The molecule has 0 radical (unpaired) electrons. The molecule has 0 spiro atoms. The molecular weight excluding hydrogens is 248 g/mol. The van der Waals surface area contributed by atoms with Crippen LogP contribution in [0.3, 0.4) is 0 Å². The molecule has 0 aromatic carbocycles. The van der Waals surface area contributed by atoms with Gasteiger partial charge in [-0.2, -0.15) is 0 Å². The van der Waals surface area contributed by atoms with Gasteiger partial charge in [0.1, 0.15) is 11.2 Å². The van der Waals surface area contributed by atoms with Crippen molar-refractivity contribution in [3.05, 3.63) is 35.6 Å². The fraction of sp³-hybridized carbons (Fsp3) is 0.308. The lowest BCUT2D eigenvalue weighted by Crippen LogP contribution is -2.24. The van der Waals surface area contributed by atoms with E-state index in [9.17, 15) is 4.79 Å². The number of hydrogen-bond donors (Lipinski definition) is 0. The van der Waals surface area contributed by atoms with Crippen LogP contribution in [0.15, 0.2) is 29.8 Å². The van der Waals surface area contributed by atoms with Gasteiger partial charge in [-0.1, -0.05) is 6.07 Å². The van der Waals surface area contributed by atoms with Crippen LogP contribution in [0.4, 0.5) is 0 Å². The lowest BCUT2D eigenvalue weighted by Gasteiger charge is -2.11. The minimum atomic E-state index is -0.595. The van der Waals surface area contributed by atoms with Crippen molar-refractivity contribution in [1.29, 1.82) is 0 Å². The number of methoxy groups -OCH3 is 1. The third-order valence-electron chi connectivity index (χ3n) is 3.18. The lowest BCUT2D eigenvalue weighted by molar-refractivity contribution is -0.143. The predicted molar refractivity (Wildman–Crippen MR) is 68.3 cm³/mol. The average Bonchev–Trinajstić information content (AvgIpc) is 3.05. The average molecular weight is 260 g/mol. The summed E-state index contributed by atoms with van der Waals surface area (Å²) in [5.41, 5.74) is 0.271. The van der Waals surface area contributed by atoms with E-state index in [0.717, 1.165) is 23.4 Å². The van der Waals surface area contributed by atoms with E-state index >= 15 is 0 Å². The summed E-state index contributed by atoms with van der Waals surface area (Å²) in [6.07, 6.45) is 3.25. The molecular formula is C13H12N2O2S. The summed E-state index contributed by atoms with van der Waals surface area (Å²) in [6, 6.07) is 5.85. The minimum Gasteiger partial charge on any atom is -0.468 e. The number of thiophene rings is 1. The van der Waals surface area contributed by atoms with E-state index in [0.29, 0.717) is 5.82 Å². The summed E-state index contributed by atoms with van der Waals surface area (Å²) in [7, 11) is 1.41. The Bertz CT molecular complexity index is 576. The third kappa shape index (κ3) is 1.71. The summed E-state index contributed by atoms with van der Waals surface area (Å²) in [5, 5.41) is 2.00. The van der Waals surface area contributed by atoms with Gasteiger partial charge in [0, 0.05) is 6.20 Å². The zero-order valence-corrected chi connectivity index (χ0v) is 10.7. The van der Waals surface area contributed by atoms with Crippen LogP contribution in [0.2, 0.25) is 0 Å². The first-order valence-corrected chi connectivity index (χ1v) is 6.60. The molecule has 92 valence electrons. The van der Waals surface area contributed by atoms with Crippen LogP contribution in [0.5, 0.6) is 0 Å². The van der Waals surface area contributed by atoms with E-state index in [4.69, 9.17) is 4.74 Å². The first kappa shape index (κ1) is 11.3. The highest BCUT2D eigenvalue weighted by Gasteiger charge is 2.55. The maximum absolute atomic E-state index is 11.8. The quantitative estimate of drug-likeness (QED) is 0.795. The summed E-state index contributed by atoms with van der Waals surface area (Å²) >= 11 is 1.62. The number of aromatic nitrogens is 2. The molecule has 0 N–H and O–H groups in total. The van der Waals surface area contributed by atoms with Crippen LogP contribution in [0, 0.1) is 0 Å². The van der Waals surface area contributed by atoms with E-state index < -0.39 is 5.41 Å². The molecule has 2 aromatic rings. The van der Waals surface area contributed by atoms with Crippen molar-refractivity contribution in [2.24, 2.45) is 0 Å². The van der Waals surface area contributed by atoms with Gasteiger partial charge >= 0.3 is 5.97 Å². The van der Waals surface area contributed by atoms with Crippen molar-refractivity contribution >= 4 is 17.3 Å². The van der Waals surface area contributed by atoms with E-state index in [2.05, 4.69) is 9.97 Å². The highest BCUT2D eigenvalue weighted by molar-refractivity contribution is 7.13. The second-order valence-electron chi connectivity index (χ2n) is 4.32. The second kappa shape index (κ2) is 4.17. The highest BCUT2D eigenvalue weighted by atomic mass is 32.1. The molecule has 1 aliphatic carbocycles. The van der Waals surface area contributed by atoms with E-state index in [1.54, 1.807) is 17.5 Å². The van der Waals surface area contributed by atoms with E-state index in [1.807, 2.05) is 23.6 Å². The fourth-order valence-electron chi connectivity index (χ4n) is 1.99. The molecule has 0 aliphatic heterocycles. The van der Waals surface area contributed by atoms with Gasteiger partial charge in [-0.05, 0) is 30.4 Å². The van der Waals surface area contributed by atoms with Crippen molar-refractivity contribution in [2.75, 3.05) is 7.11 Å². The standard InChI is InChI=1S/C13H12N2O2S/c1-17-12(16)13(5-6-13)11-14-7-4-9(15-11)10-3-2-8-18-10/h2-4,7-8H,5-6H2,1H3. The molecule has 4 nitrogen and oxygen atoms in total. The Balaban J connectivity index is 2.00. The summed E-state index contributed by atoms with van der Waals surface area (Å²) in [6.45, 7) is 0. The fourth-order valence-corrected chi connectivity index (χ4v) is 2.69. The van der Waals surface area contributed by atoms with E-state index in [-0.39, 0.29) is 5.97 Å². The van der Waals surface area contributed by atoms with Crippen LogP contribution in [0.1, 0.15) is 18.7 Å². The van der Waals surface area contributed by atoms with Crippen molar-refractivity contribution in [1.82, 2.24) is 9.97 Å². The lowest BCUT2D eigenvalue weighted by atomic mass is 10.1. The van der Waals surface area contributed by atoms with Crippen molar-refractivity contribution in [3.63, 3.8) is 0 Å². The number of hydrogen-bond acceptors (Lipinski definition) is 5. The number of nitrogens with zero attached hydrogens (tertiary/aromatic N) is 2. The molecule has 3 rings (SSSR count). The largest absolute Gasteiger partial charge is 0.468 e. The van der Waals surface area contributed by atoms with Crippen LogP contribution >= 0.6 is 11.3 Å². The molecule has 0 bridgehead atoms. The zero-order chi connectivity index (χ0) is 12.6. The summed E-state index contributed by atoms with van der Waals surface area (Å²) < 4.78 is 4.85. The number of carbonyl (C=O) groups excluding carboxylic acids is 1. The number of rotatable bonds is 3. The smallest absolute Gasteiger partial charge is 0.319 e. The maximum Gasteiger partial charge on any atom is 0.319 e. The van der Waals surface area contributed by atoms with Crippen molar-refractivity contribution < 1.29 is 9.53 Å². The van der Waals surface area contributed by atoms with Crippen LogP contribution < -0.4 is 0 Å². The van der Waals surface area contributed by atoms with Gasteiger partial charge in [0.25, 0.3) is 0 Å². The zero-order valence-electron chi connectivity index (χ0n) is 9.92. The minimum absolute atomic E-state index is 0.231. The van der Waals surface area contributed by atoms with Gasteiger partial charge in [-0.15, -0.1) is 11.3 Å². The van der Waals surface area contributed by atoms with Gasteiger partial charge < -0.3 is 4.74 Å². The Labute approximate surface area is 109 Å². The summed E-state index contributed by atoms with van der Waals surface area (Å²) in [5.74, 6) is 0.353. The second-order valence-corrected chi connectivity index (χ2v) is 5.26. The maximum atomic E-state index is 11.8. The molecule has 0 amide bonds. The SMILES string of the molecule is COC(=O)C1(c2nccc(-c3cccs3)n2)CC1. The van der Waals surface area contributed by atoms with Gasteiger partial charge in [0.2, 0.25) is 0 Å².